The minimum atomic E-state index is 0. The maximum Gasteiger partial charge on any atom is 0.225 e. The minimum absolute atomic E-state index is 0. The molecular formula is C24H47IN6O. The van der Waals surface area contributed by atoms with E-state index in [2.05, 4.69) is 46.1 Å². The lowest BCUT2D eigenvalue weighted by molar-refractivity contribution is -0.135. The molecule has 2 unspecified atom stereocenters. The van der Waals surface area contributed by atoms with Crippen LogP contribution in [0.4, 0.5) is 0 Å². The first-order valence-corrected chi connectivity index (χ1v) is 12.9. The summed E-state index contributed by atoms with van der Waals surface area (Å²) in [6, 6.07) is 0.308. The number of nitrogens with zero attached hydrogens (tertiary/aromatic N) is 4. The molecule has 0 aromatic carbocycles. The van der Waals surface area contributed by atoms with Crippen LogP contribution in [0.3, 0.4) is 0 Å². The van der Waals surface area contributed by atoms with Crippen LogP contribution < -0.4 is 10.6 Å². The third-order valence-electron chi connectivity index (χ3n) is 7.18. The zero-order valence-corrected chi connectivity index (χ0v) is 23.0. The van der Waals surface area contributed by atoms with Crippen molar-refractivity contribution in [2.24, 2.45) is 16.8 Å². The van der Waals surface area contributed by atoms with Gasteiger partial charge in [0.05, 0.1) is 0 Å². The van der Waals surface area contributed by atoms with Crippen LogP contribution in [0, 0.1) is 11.8 Å². The zero-order chi connectivity index (χ0) is 22.1. The molecule has 0 aromatic rings. The molecule has 186 valence electrons. The van der Waals surface area contributed by atoms with Crippen LogP contribution in [-0.2, 0) is 4.79 Å². The fourth-order valence-corrected chi connectivity index (χ4v) is 5.23. The Balaban J connectivity index is 0.00000363. The molecule has 2 heterocycles. The Hall–Kier alpha value is -0.610. The van der Waals surface area contributed by atoms with Gasteiger partial charge in [0.1, 0.15) is 0 Å². The summed E-state index contributed by atoms with van der Waals surface area (Å²) in [5.74, 6) is 2.11. The highest BCUT2D eigenvalue weighted by molar-refractivity contribution is 14.0. The van der Waals surface area contributed by atoms with Gasteiger partial charge in [-0.2, -0.15) is 0 Å². The molecule has 3 aliphatic rings. The molecule has 2 N–H and O–H groups in total. The maximum atomic E-state index is 12.8. The first-order chi connectivity index (χ1) is 15.1. The fraction of sp³-hybridized carbons (Fsp3) is 0.917. The van der Waals surface area contributed by atoms with E-state index in [4.69, 9.17) is 4.99 Å². The molecule has 7 nitrogen and oxygen atoms in total. The number of hydrogen-bond donors (Lipinski definition) is 2. The predicted molar refractivity (Wildman–Crippen MR) is 144 cm³/mol. The van der Waals surface area contributed by atoms with E-state index < -0.39 is 0 Å². The van der Waals surface area contributed by atoms with Gasteiger partial charge < -0.3 is 25.3 Å². The Morgan fingerprint density at radius 1 is 1.00 bits per heavy atom. The normalized spacial score (nSPS) is 24.8. The number of rotatable bonds is 8. The Morgan fingerprint density at radius 2 is 1.69 bits per heavy atom. The number of amides is 1. The van der Waals surface area contributed by atoms with Crippen LogP contribution in [0.15, 0.2) is 4.99 Å². The monoisotopic (exact) mass is 562 g/mol. The van der Waals surface area contributed by atoms with Crippen molar-refractivity contribution in [3.63, 3.8) is 0 Å². The Labute approximate surface area is 213 Å². The quantitative estimate of drug-likeness (QED) is 0.271. The van der Waals surface area contributed by atoms with Gasteiger partial charge in [-0.25, -0.2) is 0 Å². The van der Waals surface area contributed by atoms with Gasteiger partial charge in [0.2, 0.25) is 5.91 Å². The van der Waals surface area contributed by atoms with Gasteiger partial charge in [0, 0.05) is 70.9 Å². The average Bonchev–Trinajstić information content (AvgIpc) is 3.27. The van der Waals surface area contributed by atoms with E-state index in [1.807, 2.05) is 0 Å². The number of guanidine groups is 1. The van der Waals surface area contributed by atoms with E-state index in [0.29, 0.717) is 17.9 Å². The SMILES string of the molecule is CCNC(=NCC(C)CN1CCN(CC)CC1)NC1CCN(C(=O)C2CCCCC2)C1.I. The van der Waals surface area contributed by atoms with Crippen molar-refractivity contribution >= 4 is 35.8 Å². The summed E-state index contributed by atoms with van der Waals surface area (Å²) in [5.41, 5.74) is 0. The molecule has 0 spiro atoms. The number of carbonyl (C=O) groups excluding carboxylic acids is 1. The smallest absolute Gasteiger partial charge is 0.225 e. The van der Waals surface area contributed by atoms with Crippen molar-refractivity contribution in [3.8, 4) is 0 Å². The van der Waals surface area contributed by atoms with Crippen molar-refractivity contribution in [1.29, 1.82) is 0 Å². The highest BCUT2D eigenvalue weighted by atomic mass is 127. The second kappa shape index (κ2) is 14.6. The fourth-order valence-electron chi connectivity index (χ4n) is 5.23. The summed E-state index contributed by atoms with van der Waals surface area (Å²) in [5, 5.41) is 7.01. The largest absolute Gasteiger partial charge is 0.357 e. The van der Waals surface area contributed by atoms with Gasteiger partial charge in [-0.1, -0.05) is 33.1 Å². The van der Waals surface area contributed by atoms with Crippen molar-refractivity contribution in [1.82, 2.24) is 25.3 Å². The second-order valence-corrected chi connectivity index (χ2v) is 9.81. The average molecular weight is 563 g/mol. The molecule has 2 atom stereocenters. The van der Waals surface area contributed by atoms with E-state index >= 15 is 0 Å². The summed E-state index contributed by atoms with van der Waals surface area (Å²) in [6.07, 6.45) is 6.92. The number of halogens is 1. The Kier molecular flexibility index (Phi) is 12.6. The molecule has 3 fully saturated rings. The first-order valence-electron chi connectivity index (χ1n) is 12.9. The number of likely N-dealkylation sites (tertiary alicyclic amines) is 1. The van der Waals surface area contributed by atoms with E-state index in [-0.39, 0.29) is 29.9 Å². The van der Waals surface area contributed by atoms with Crippen molar-refractivity contribution in [2.45, 2.75) is 65.3 Å². The summed E-state index contributed by atoms with van der Waals surface area (Å²) in [7, 11) is 0. The van der Waals surface area contributed by atoms with Crippen LogP contribution in [0.5, 0.6) is 0 Å². The number of piperazine rings is 1. The van der Waals surface area contributed by atoms with Gasteiger partial charge in [0.15, 0.2) is 5.96 Å². The van der Waals surface area contributed by atoms with E-state index in [1.54, 1.807) is 0 Å². The van der Waals surface area contributed by atoms with Crippen LogP contribution in [0.2, 0.25) is 0 Å². The van der Waals surface area contributed by atoms with Gasteiger partial charge in [-0.3, -0.25) is 9.79 Å². The summed E-state index contributed by atoms with van der Waals surface area (Å²) in [4.78, 5) is 24.9. The molecule has 8 heteroatoms. The highest BCUT2D eigenvalue weighted by Crippen LogP contribution is 2.26. The number of likely N-dealkylation sites (N-methyl/N-ethyl adjacent to an activating group) is 1. The molecule has 0 aromatic heterocycles. The topological polar surface area (TPSA) is 63.2 Å². The molecule has 0 radical (unpaired) electrons. The molecular weight excluding hydrogens is 515 g/mol. The number of aliphatic imine (C=N–C) groups is 1. The Morgan fingerprint density at radius 3 is 2.34 bits per heavy atom. The van der Waals surface area contributed by atoms with Crippen LogP contribution in [0.25, 0.3) is 0 Å². The minimum Gasteiger partial charge on any atom is -0.357 e. The van der Waals surface area contributed by atoms with Gasteiger partial charge >= 0.3 is 0 Å². The van der Waals surface area contributed by atoms with Gasteiger partial charge in [-0.15, -0.1) is 24.0 Å². The molecule has 3 rings (SSSR count). The highest BCUT2D eigenvalue weighted by Gasteiger charge is 2.31. The predicted octanol–water partition coefficient (Wildman–Crippen LogP) is 2.61. The standard InChI is InChI=1S/C24H46N6O.HI/c1-4-25-24(26-17-20(3)18-29-15-13-28(5-2)14-16-29)27-22-11-12-30(19-22)23(31)21-9-7-6-8-10-21;/h20-22H,4-19H2,1-3H3,(H2,25,26,27);1H. The first kappa shape index (κ1) is 27.6. The lowest BCUT2D eigenvalue weighted by atomic mass is 9.88. The van der Waals surface area contributed by atoms with Crippen LogP contribution in [-0.4, -0.2) is 98.1 Å². The van der Waals surface area contributed by atoms with Crippen molar-refractivity contribution in [3.05, 3.63) is 0 Å². The van der Waals surface area contributed by atoms with E-state index in [9.17, 15) is 4.79 Å². The number of hydrogen-bond acceptors (Lipinski definition) is 4. The van der Waals surface area contributed by atoms with Crippen LogP contribution >= 0.6 is 24.0 Å². The molecule has 1 saturated carbocycles. The van der Waals surface area contributed by atoms with E-state index in [0.717, 1.165) is 64.5 Å². The maximum absolute atomic E-state index is 12.8. The number of nitrogens with one attached hydrogen (secondary N) is 2. The second-order valence-electron chi connectivity index (χ2n) is 9.81. The van der Waals surface area contributed by atoms with Crippen LogP contribution in [0.1, 0.15) is 59.3 Å². The molecule has 32 heavy (non-hydrogen) atoms. The van der Waals surface area contributed by atoms with E-state index in [1.165, 1.54) is 45.4 Å². The third-order valence-corrected chi connectivity index (χ3v) is 7.18. The van der Waals surface area contributed by atoms with Crippen molar-refractivity contribution in [2.75, 3.05) is 65.4 Å². The summed E-state index contributed by atoms with van der Waals surface area (Å²) in [6.45, 7) is 17.1. The lowest BCUT2D eigenvalue weighted by Gasteiger charge is -2.35. The lowest BCUT2D eigenvalue weighted by Crippen LogP contribution is -2.48. The van der Waals surface area contributed by atoms with Gasteiger partial charge in [-0.05, 0) is 38.6 Å². The summed E-state index contributed by atoms with van der Waals surface area (Å²) >= 11 is 0. The Bertz CT molecular complexity index is 575. The van der Waals surface area contributed by atoms with Gasteiger partial charge in [0.25, 0.3) is 0 Å². The molecule has 2 saturated heterocycles. The molecule has 1 amide bonds. The molecule has 2 aliphatic heterocycles. The molecule has 1 aliphatic carbocycles. The molecule has 0 bridgehead atoms. The summed E-state index contributed by atoms with van der Waals surface area (Å²) < 4.78 is 0. The number of carbonyl (C=O) groups is 1. The third kappa shape index (κ3) is 8.63. The zero-order valence-electron chi connectivity index (χ0n) is 20.7. The van der Waals surface area contributed by atoms with Crippen molar-refractivity contribution < 1.29 is 4.79 Å².